The van der Waals surface area contributed by atoms with Gasteiger partial charge in [-0.2, -0.15) is 0 Å². The number of benzene rings is 1. The molecule has 2 fully saturated rings. The summed E-state index contributed by atoms with van der Waals surface area (Å²) in [7, 11) is 0. The van der Waals surface area contributed by atoms with E-state index in [-0.39, 0.29) is 35.8 Å². The lowest BCUT2D eigenvalue weighted by Crippen LogP contribution is -2.57. The van der Waals surface area contributed by atoms with Gasteiger partial charge >= 0.3 is 0 Å². The molecule has 0 radical (unpaired) electrons. The van der Waals surface area contributed by atoms with E-state index in [4.69, 9.17) is 0 Å². The first-order valence-electron chi connectivity index (χ1n) is 10.1. The molecule has 1 aliphatic carbocycles. The molecule has 3 aliphatic rings. The van der Waals surface area contributed by atoms with Gasteiger partial charge in [0.2, 0.25) is 0 Å². The lowest BCUT2D eigenvalue weighted by Gasteiger charge is -2.38. The van der Waals surface area contributed by atoms with Gasteiger partial charge in [-0.3, -0.25) is 19.3 Å². The van der Waals surface area contributed by atoms with Crippen molar-refractivity contribution in [2.45, 2.75) is 64.1 Å². The molecule has 1 aromatic carbocycles. The number of nitrogens with zero attached hydrogens (tertiary/aromatic N) is 2. The summed E-state index contributed by atoms with van der Waals surface area (Å²) in [5, 5.41) is 3.37. The van der Waals surface area contributed by atoms with Crippen LogP contribution in [0, 0.1) is 0 Å². The molecule has 6 heteroatoms. The fourth-order valence-corrected chi connectivity index (χ4v) is 4.57. The zero-order valence-electron chi connectivity index (χ0n) is 16.0. The molecule has 2 aliphatic heterocycles. The second kappa shape index (κ2) is 7.08. The van der Waals surface area contributed by atoms with Gasteiger partial charge in [-0.1, -0.05) is 19.3 Å². The number of nitrogens with one attached hydrogen (secondary N) is 1. The minimum absolute atomic E-state index is 0.000609. The number of fused-ring (bicyclic) bond motifs is 1. The highest BCUT2D eigenvalue weighted by atomic mass is 16.2. The molecule has 2 unspecified atom stereocenters. The largest absolute Gasteiger partial charge is 0.333 e. The van der Waals surface area contributed by atoms with Crippen LogP contribution in [0.5, 0.6) is 0 Å². The summed E-state index contributed by atoms with van der Waals surface area (Å²) in [4.78, 5) is 42.0. The van der Waals surface area contributed by atoms with Gasteiger partial charge in [0.15, 0.2) is 0 Å². The molecular formula is C21H27N3O3. The number of hydrogen-bond donors (Lipinski definition) is 1. The van der Waals surface area contributed by atoms with Crippen LogP contribution in [0.2, 0.25) is 0 Å². The van der Waals surface area contributed by atoms with Crippen molar-refractivity contribution >= 4 is 17.7 Å². The third kappa shape index (κ3) is 3.06. The van der Waals surface area contributed by atoms with Crippen molar-refractivity contribution in [3.05, 3.63) is 34.9 Å². The van der Waals surface area contributed by atoms with Crippen molar-refractivity contribution in [2.24, 2.45) is 0 Å². The van der Waals surface area contributed by atoms with Gasteiger partial charge in [0.05, 0.1) is 11.1 Å². The van der Waals surface area contributed by atoms with Crippen LogP contribution in [0.1, 0.15) is 77.0 Å². The smallest absolute Gasteiger partial charge is 0.261 e. The van der Waals surface area contributed by atoms with Crippen LogP contribution in [0.3, 0.4) is 0 Å². The highest BCUT2D eigenvalue weighted by molar-refractivity contribution is 6.22. The number of hydrogen-bond acceptors (Lipinski definition) is 4. The molecule has 4 rings (SSSR count). The zero-order chi connectivity index (χ0) is 19.1. The SMILES string of the molecule is CC1NCCN(C(=O)c2ccc3c(c2)C(=O)N(C2CCCCC2)C3=O)C1C. The number of rotatable bonds is 2. The van der Waals surface area contributed by atoms with Gasteiger partial charge in [-0.25, -0.2) is 0 Å². The van der Waals surface area contributed by atoms with Crippen LogP contribution in [-0.2, 0) is 0 Å². The summed E-state index contributed by atoms with van der Waals surface area (Å²) in [5.74, 6) is -0.515. The maximum Gasteiger partial charge on any atom is 0.261 e. The molecule has 1 saturated carbocycles. The first kappa shape index (κ1) is 18.2. The van der Waals surface area contributed by atoms with Crippen molar-refractivity contribution in [2.75, 3.05) is 13.1 Å². The van der Waals surface area contributed by atoms with Crippen LogP contribution in [0.25, 0.3) is 0 Å². The Kier molecular flexibility index (Phi) is 4.76. The van der Waals surface area contributed by atoms with Gasteiger partial charge in [-0.15, -0.1) is 0 Å². The number of imide groups is 1. The molecule has 2 atom stereocenters. The molecule has 144 valence electrons. The quantitative estimate of drug-likeness (QED) is 0.813. The Labute approximate surface area is 159 Å². The van der Waals surface area contributed by atoms with E-state index < -0.39 is 0 Å². The van der Waals surface area contributed by atoms with E-state index in [1.807, 2.05) is 11.8 Å². The Morgan fingerprint density at radius 2 is 1.74 bits per heavy atom. The van der Waals surface area contributed by atoms with Gasteiger partial charge in [0.1, 0.15) is 0 Å². The third-order valence-corrected chi connectivity index (χ3v) is 6.40. The van der Waals surface area contributed by atoms with Crippen LogP contribution < -0.4 is 5.32 Å². The van der Waals surface area contributed by atoms with Crippen molar-refractivity contribution in [1.82, 2.24) is 15.1 Å². The van der Waals surface area contributed by atoms with Crippen LogP contribution >= 0.6 is 0 Å². The molecule has 0 spiro atoms. The fraction of sp³-hybridized carbons (Fsp3) is 0.571. The second-order valence-electron chi connectivity index (χ2n) is 8.01. The second-order valence-corrected chi connectivity index (χ2v) is 8.01. The highest BCUT2D eigenvalue weighted by Gasteiger charge is 2.41. The Balaban J connectivity index is 1.60. The normalized spacial score (nSPS) is 26.4. The predicted octanol–water partition coefficient (Wildman–Crippen LogP) is 2.44. The summed E-state index contributed by atoms with van der Waals surface area (Å²) in [6.45, 7) is 5.50. The molecule has 0 aromatic heterocycles. The summed E-state index contributed by atoms with van der Waals surface area (Å²) >= 11 is 0. The van der Waals surface area contributed by atoms with Crippen LogP contribution in [0.4, 0.5) is 0 Å². The monoisotopic (exact) mass is 369 g/mol. The van der Waals surface area contributed by atoms with Crippen molar-refractivity contribution in [1.29, 1.82) is 0 Å². The van der Waals surface area contributed by atoms with Crippen LogP contribution in [-0.4, -0.2) is 58.7 Å². The summed E-state index contributed by atoms with van der Waals surface area (Å²) < 4.78 is 0. The Morgan fingerprint density at radius 1 is 1.04 bits per heavy atom. The van der Waals surface area contributed by atoms with E-state index in [1.54, 1.807) is 18.2 Å². The molecule has 1 saturated heterocycles. The summed E-state index contributed by atoms with van der Waals surface area (Å²) in [5.41, 5.74) is 1.30. The van der Waals surface area contributed by atoms with Gasteiger partial charge < -0.3 is 10.2 Å². The summed E-state index contributed by atoms with van der Waals surface area (Å²) in [6, 6.07) is 5.27. The van der Waals surface area contributed by atoms with E-state index in [2.05, 4.69) is 12.2 Å². The first-order valence-corrected chi connectivity index (χ1v) is 10.1. The average molecular weight is 369 g/mol. The minimum Gasteiger partial charge on any atom is -0.333 e. The molecular weight excluding hydrogens is 342 g/mol. The molecule has 6 nitrogen and oxygen atoms in total. The van der Waals surface area contributed by atoms with Gasteiger partial charge in [-0.05, 0) is 44.9 Å². The zero-order valence-corrected chi connectivity index (χ0v) is 16.0. The topological polar surface area (TPSA) is 69.7 Å². The van der Waals surface area contributed by atoms with Crippen LogP contribution in [0.15, 0.2) is 18.2 Å². The average Bonchev–Trinajstić information content (AvgIpc) is 2.94. The van der Waals surface area contributed by atoms with Crippen molar-refractivity contribution in [3.8, 4) is 0 Å². The molecule has 27 heavy (non-hydrogen) atoms. The molecule has 3 amide bonds. The number of carbonyl (C=O) groups is 3. The number of piperazine rings is 1. The molecule has 1 N–H and O–H groups in total. The van der Waals surface area contributed by atoms with Crippen molar-refractivity contribution in [3.63, 3.8) is 0 Å². The first-order chi connectivity index (χ1) is 13.0. The van der Waals surface area contributed by atoms with E-state index >= 15 is 0 Å². The third-order valence-electron chi connectivity index (χ3n) is 6.40. The van der Waals surface area contributed by atoms with E-state index in [0.717, 1.165) is 32.2 Å². The van der Waals surface area contributed by atoms with Gasteiger partial charge in [0, 0.05) is 36.8 Å². The van der Waals surface area contributed by atoms with Gasteiger partial charge in [0.25, 0.3) is 17.7 Å². The Hall–Kier alpha value is -2.21. The maximum absolute atomic E-state index is 13.0. The van der Waals surface area contributed by atoms with E-state index in [1.165, 1.54) is 11.3 Å². The predicted molar refractivity (Wildman–Crippen MR) is 102 cm³/mol. The molecule has 1 aromatic rings. The number of amides is 3. The Morgan fingerprint density at radius 3 is 2.48 bits per heavy atom. The standard InChI is InChI=1S/C21H27N3O3/c1-13-14(2)23(11-10-22-13)19(25)15-8-9-17-18(12-15)21(27)24(20(17)26)16-6-4-3-5-7-16/h8-9,12-14,16,22H,3-7,10-11H2,1-2H3. The molecule has 2 heterocycles. The number of carbonyl (C=O) groups excluding carboxylic acids is 3. The minimum atomic E-state index is -0.238. The maximum atomic E-state index is 13.0. The van der Waals surface area contributed by atoms with E-state index in [0.29, 0.717) is 23.2 Å². The van der Waals surface area contributed by atoms with Crippen molar-refractivity contribution < 1.29 is 14.4 Å². The fourth-order valence-electron chi connectivity index (χ4n) is 4.57. The lowest BCUT2D eigenvalue weighted by atomic mass is 9.94. The Bertz CT molecular complexity index is 785. The summed E-state index contributed by atoms with van der Waals surface area (Å²) in [6.07, 6.45) is 5.04. The molecule has 0 bridgehead atoms. The highest BCUT2D eigenvalue weighted by Crippen LogP contribution is 2.31. The lowest BCUT2D eigenvalue weighted by molar-refractivity contribution is 0.0548. The van der Waals surface area contributed by atoms with E-state index in [9.17, 15) is 14.4 Å².